The number of azide groups is 1. The molecule has 3 aromatic rings. The molecular weight excluding hydrogens is 506 g/mol. The Kier molecular flexibility index (Phi) is 9.57. The van der Waals surface area contributed by atoms with Crippen LogP contribution in [0.5, 0.6) is 5.75 Å². The highest BCUT2D eigenvalue weighted by Crippen LogP contribution is 2.45. The zero-order valence-corrected chi connectivity index (χ0v) is 22.5. The normalized spacial score (nSPS) is 17.8. The van der Waals surface area contributed by atoms with E-state index in [0.29, 0.717) is 48.6 Å². The molecule has 2 atom stereocenters. The predicted octanol–water partition coefficient (Wildman–Crippen LogP) is 5.89. The minimum atomic E-state index is -1.37. The highest BCUT2D eigenvalue weighted by atomic mass is 16.5. The Hall–Kier alpha value is -4.59. The van der Waals surface area contributed by atoms with Crippen LogP contribution in [0.15, 0.2) is 95.6 Å². The molecule has 4 rings (SSSR count). The third-order valence-electron chi connectivity index (χ3n) is 6.68. The Morgan fingerprint density at radius 3 is 2.65 bits per heavy atom. The molecule has 0 saturated heterocycles. The van der Waals surface area contributed by atoms with Gasteiger partial charge in [0, 0.05) is 47.7 Å². The Morgan fingerprint density at radius 1 is 1.20 bits per heavy atom. The smallest absolute Gasteiger partial charge is 0.252 e. The first kappa shape index (κ1) is 28.4. The van der Waals surface area contributed by atoms with E-state index in [4.69, 9.17) is 19.6 Å². The molecule has 0 unspecified atom stereocenters. The number of amides is 1. The average Bonchev–Trinajstić information content (AvgIpc) is 3.35. The molecule has 9 nitrogen and oxygen atoms in total. The SMILES string of the molecule is C=CC[C@@]1(C(=O)NCCc2ccc(C)cc2)N=C(c2ccc(OCCCO)cc2)O[C@@H]1c1ccccc1N=[N+]=[N-]. The highest BCUT2D eigenvalue weighted by Gasteiger charge is 2.52. The summed E-state index contributed by atoms with van der Waals surface area (Å²) in [5.74, 6) is 0.629. The number of aliphatic imine (C=N–C) groups is 1. The molecule has 1 heterocycles. The summed E-state index contributed by atoms with van der Waals surface area (Å²) < 4.78 is 12.0. The lowest BCUT2D eigenvalue weighted by Crippen LogP contribution is -2.48. The molecule has 0 aromatic heterocycles. The monoisotopic (exact) mass is 539 g/mol. The second-order valence-electron chi connectivity index (χ2n) is 9.52. The van der Waals surface area contributed by atoms with Crippen molar-refractivity contribution in [2.45, 2.75) is 37.8 Å². The fraction of sp³-hybridized carbons (Fsp3) is 0.290. The van der Waals surface area contributed by atoms with Gasteiger partial charge in [-0.25, -0.2) is 4.99 Å². The van der Waals surface area contributed by atoms with Crippen molar-refractivity contribution in [2.24, 2.45) is 10.1 Å². The molecule has 2 N–H and O–H groups in total. The van der Waals surface area contributed by atoms with Gasteiger partial charge in [-0.1, -0.05) is 65.3 Å². The van der Waals surface area contributed by atoms with Gasteiger partial charge in [0.2, 0.25) is 5.90 Å². The van der Waals surface area contributed by atoms with E-state index in [0.717, 1.165) is 5.56 Å². The zero-order chi connectivity index (χ0) is 28.4. The van der Waals surface area contributed by atoms with Crippen LogP contribution in [0.3, 0.4) is 0 Å². The van der Waals surface area contributed by atoms with Gasteiger partial charge < -0.3 is 19.9 Å². The average molecular weight is 540 g/mol. The van der Waals surface area contributed by atoms with Crippen LogP contribution >= 0.6 is 0 Å². The van der Waals surface area contributed by atoms with Crippen molar-refractivity contribution in [3.05, 3.63) is 118 Å². The Bertz CT molecular complexity index is 1400. The molecule has 0 aliphatic carbocycles. The number of carbonyl (C=O) groups is 1. The number of hydrogen-bond donors (Lipinski definition) is 2. The van der Waals surface area contributed by atoms with Crippen molar-refractivity contribution in [3.8, 4) is 5.75 Å². The number of nitrogens with one attached hydrogen (secondary N) is 1. The lowest BCUT2D eigenvalue weighted by Gasteiger charge is -2.30. The lowest BCUT2D eigenvalue weighted by atomic mass is 9.83. The van der Waals surface area contributed by atoms with E-state index < -0.39 is 11.6 Å². The molecule has 3 aromatic carbocycles. The number of benzene rings is 3. The molecule has 1 aliphatic rings. The van der Waals surface area contributed by atoms with E-state index in [1.54, 1.807) is 42.5 Å². The van der Waals surface area contributed by atoms with Crippen molar-refractivity contribution in [1.82, 2.24) is 5.32 Å². The number of ether oxygens (including phenoxy) is 2. The number of hydrogen-bond acceptors (Lipinski definition) is 6. The van der Waals surface area contributed by atoms with Crippen LogP contribution in [0.4, 0.5) is 5.69 Å². The van der Waals surface area contributed by atoms with Crippen molar-refractivity contribution in [2.75, 3.05) is 19.8 Å². The maximum atomic E-state index is 13.9. The number of nitrogens with zero attached hydrogens (tertiary/aromatic N) is 4. The molecule has 0 spiro atoms. The molecule has 0 saturated carbocycles. The molecule has 0 bridgehead atoms. The van der Waals surface area contributed by atoms with Gasteiger partial charge in [0.05, 0.1) is 6.61 Å². The van der Waals surface area contributed by atoms with E-state index in [2.05, 4.69) is 21.9 Å². The summed E-state index contributed by atoms with van der Waals surface area (Å²) in [6.45, 7) is 6.80. The maximum absolute atomic E-state index is 13.9. The van der Waals surface area contributed by atoms with Crippen LogP contribution in [0.2, 0.25) is 0 Å². The second-order valence-corrected chi connectivity index (χ2v) is 9.52. The van der Waals surface area contributed by atoms with Crippen molar-refractivity contribution < 1.29 is 19.4 Å². The van der Waals surface area contributed by atoms with Gasteiger partial charge in [-0.3, -0.25) is 4.79 Å². The minimum Gasteiger partial charge on any atom is -0.494 e. The Labute approximate surface area is 233 Å². The summed E-state index contributed by atoms with van der Waals surface area (Å²) in [7, 11) is 0. The first-order valence-electron chi connectivity index (χ1n) is 13.2. The predicted molar refractivity (Wildman–Crippen MR) is 155 cm³/mol. The number of aliphatic hydroxyl groups excluding tert-OH is 1. The molecule has 40 heavy (non-hydrogen) atoms. The van der Waals surface area contributed by atoms with Crippen LogP contribution in [-0.2, 0) is 16.0 Å². The van der Waals surface area contributed by atoms with Gasteiger partial charge >= 0.3 is 0 Å². The van der Waals surface area contributed by atoms with Crippen molar-refractivity contribution in [1.29, 1.82) is 0 Å². The van der Waals surface area contributed by atoms with Gasteiger partial charge in [0.25, 0.3) is 5.91 Å². The largest absolute Gasteiger partial charge is 0.494 e. The summed E-state index contributed by atoms with van der Waals surface area (Å²) in [5, 5.41) is 15.9. The summed E-state index contributed by atoms with van der Waals surface area (Å²) >= 11 is 0. The van der Waals surface area contributed by atoms with Gasteiger partial charge in [-0.2, -0.15) is 0 Å². The molecule has 206 valence electrons. The number of carbonyl (C=O) groups excluding carboxylic acids is 1. The van der Waals surface area contributed by atoms with Crippen LogP contribution in [0, 0.1) is 6.92 Å². The summed E-state index contributed by atoms with van der Waals surface area (Å²) in [4.78, 5) is 21.8. The Balaban J connectivity index is 1.67. The van der Waals surface area contributed by atoms with E-state index in [1.807, 2.05) is 43.3 Å². The fourth-order valence-electron chi connectivity index (χ4n) is 4.59. The Morgan fingerprint density at radius 2 is 1.95 bits per heavy atom. The first-order valence-corrected chi connectivity index (χ1v) is 13.2. The summed E-state index contributed by atoms with van der Waals surface area (Å²) in [5.41, 5.74) is 11.7. The molecule has 0 radical (unpaired) electrons. The van der Waals surface area contributed by atoms with Crippen molar-refractivity contribution >= 4 is 17.5 Å². The van der Waals surface area contributed by atoms with Gasteiger partial charge in [0.1, 0.15) is 5.75 Å². The molecule has 9 heteroatoms. The first-order chi connectivity index (χ1) is 19.5. The highest BCUT2D eigenvalue weighted by molar-refractivity contribution is 6.01. The van der Waals surface area contributed by atoms with Crippen LogP contribution in [0.25, 0.3) is 10.4 Å². The maximum Gasteiger partial charge on any atom is 0.252 e. The van der Waals surface area contributed by atoms with E-state index in [1.165, 1.54) is 5.56 Å². The van der Waals surface area contributed by atoms with Crippen LogP contribution in [-0.4, -0.2) is 42.2 Å². The minimum absolute atomic E-state index is 0.0555. The lowest BCUT2D eigenvalue weighted by molar-refractivity contribution is -0.128. The summed E-state index contributed by atoms with van der Waals surface area (Å²) in [6, 6.07) is 22.4. The van der Waals surface area contributed by atoms with Gasteiger partial charge in [0.15, 0.2) is 11.6 Å². The molecular formula is C31H33N5O4. The molecule has 1 amide bonds. The number of aryl methyl sites for hydroxylation is 1. The standard InChI is InChI=1S/C31H33N5O4/c1-3-18-31(30(38)33-19-17-23-11-9-22(2)10-12-23)28(26-7-4-5-8-27(26)35-36-32)40-29(34-31)24-13-15-25(16-14-24)39-21-6-20-37/h3-5,7-16,28,37H,1,6,17-21H2,2H3,(H,33,38)/t28-,31-/m1/s1. The zero-order valence-electron chi connectivity index (χ0n) is 22.5. The van der Waals surface area contributed by atoms with Gasteiger partial charge in [-0.05, 0) is 48.7 Å². The second kappa shape index (κ2) is 13.5. The number of aliphatic hydroxyl groups is 1. The van der Waals surface area contributed by atoms with E-state index in [9.17, 15) is 10.3 Å². The third-order valence-corrected chi connectivity index (χ3v) is 6.68. The van der Waals surface area contributed by atoms with Gasteiger partial charge in [-0.15, -0.1) is 6.58 Å². The molecule has 0 fully saturated rings. The van der Waals surface area contributed by atoms with E-state index >= 15 is 0 Å². The van der Waals surface area contributed by atoms with E-state index in [-0.39, 0.29) is 24.8 Å². The molecule has 1 aliphatic heterocycles. The topological polar surface area (TPSA) is 129 Å². The summed E-state index contributed by atoms with van der Waals surface area (Å²) in [6.07, 6.45) is 2.18. The van der Waals surface area contributed by atoms with Crippen LogP contribution in [0.1, 0.15) is 41.2 Å². The number of rotatable bonds is 13. The quantitative estimate of drug-likeness (QED) is 0.0922. The van der Waals surface area contributed by atoms with Crippen LogP contribution < -0.4 is 10.1 Å². The third kappa shape index (κ3) is 6.51. The fourth-order valence-corrected chi connectivity index (χ4v) is 4.59. The van der Waals surface area contributed by atoms with Crippen molar-refractivity contribution in [3.63, 3.8) is 0 Å².